The summed E-state index contributed by atoms with van der Waals surface area (Å²) < 4.78 is 7.58. The predicted octanol–water partition coefficient (Wildman–Crippen LogP) is 3.64. The number of aromatic nitrogens is 3. The Hall–Kier alpha value is -2.93. The van der Waals surface area contributed by atoms with E-state index in [4.69, 9.17) is 4.74 Å². The molecule has 1 aromatic carbocycles. The first-order valence-corrected chi connectivity index (χ1v) is 10.3. The minimum Gasteiger partial charge on any atom is -0.378 e. The molecule has 0 radical (unpaired) electrons. The zero-order valence-electron chi connectivity index (χ0n) is 16.4. The number of nitrogens with one attached hydrogen (secondary N) is 1. The second-order valence-electron chi connectivity index (χ2n) is 7.76. The lowest BCUT2D eigenvalue weighted by Crippen LogP contribution is -2.36. The Morgan fingerprint density at radius 1 is 1.10 bits per heavy atom. The number of anilines is 2. The summed E-state index contributed by atoms with van der Waals surface area (Å²) in [7, 11) is 0. The van der Waals surface area contributed by atoms with Crippen LogP contribution in [0.25, 0.3) is 11.2 Å². The number of nitrogens with zero attached hydrogens (tertiary/aromatic N) is 4. The van der Waals surface area contributed by atoms with Crippen molar-refractivity contribution in [1.29, 1.82) is 0 Å². The van der Waals surface area contributed by atoms with Crippen LogP contribution in [0.15, 0.2) is 42.9 Å². The number of benzene rings is 1. The van der Waals surface area contributed by atoms with Crippen LogP contribution in [-0.4, -0.2) is 46.7 Å². The van der Waals surface area contributed by atoms with E-state index in [0.29, 0.717) is 11.6 Å². The fraction of sp³-hybridized carbons (Fsp3) is 0.409. The Morgan fingerprint density at radius 3 is 2.76 bits per heavy atom. The first-order chi connectivity index (χ1) is 14.3. The predicted molar refractivity (Wildman–Crippen MR) is 112 cm³/mol. The van der Waals surface area contributed by atoms with Gasteiger partial charge in [-0.2, -0.15) is 0 Å². The molecule has 1 aliphatic carbocycles. The van der Waals surface area contributed by atoms with Crippen molar-refractivity contribution in [2.24, 2.45) is 0 Å². The standard InChI is InChI=1S/C22H25N5O2/c28-22(25-17-4-3-7-19(13-17)26-8-10-29-11-9-26)16-12-20-21(23-14-16)27(15-24-20)18-5-1-2-6-18/h3-4,7,12-15,18H,1-2,5-6,8-11H2,(H,25,28). The van der Waals surface area contributed by atoms with Crippen molar-refractivity contribution in [2.75, 3.05) is 36.5 Å². The van der Waals surface area contributed by atoms with Gasteiger partial charge in [0.2, 0.25) is 0 Å². The van der Waals surface area contributed by atoms with Crippen LogP contribution in [0.5, 0.6) is 0 Å². The number of carbonyl (C=O) groups is 1. The van der Waals surface area contributed by atoms with Crippen molar-refractivity contribution in [3.05, 3.63) is 48.4 Å². The van der Waals surface area contributed by atoms with Gasteiger partial charge in [-0.1, -0.05) is 18.9 Å². The molecule has 1 saturated heterocycles. The Bertz CT molecular complexity index is 1020. The van der Waals surface area contributed by atoms with E-state index in [0.717, 1.165) is 48.8 Å². The lowest BCUT2D eigenvalue weighted by molar-refractivity contribution is 0.102. The van der Waals surface area contributed by atoms with Crippen LogP contribution in [0, 0.1) is 0 Å². The molecule has 1 amide bonds. The summed E-state index contributed by atoms with van der Waals surface area (Å²) in [6, 6.07) is 10.2. The molecule has 2 aliphatic rings. The van der Waals surface area contributed by atoms with Crippen molar-refractivity contribution in [3.8, 4) is 0 Å². The van der Waals surface area contributed by atoms with E-state index in [2.05, 4.69) is 30.8 Å². The van der Waals surface area contributed by atoms with Gasteiger partial charge < -0.3 is 19.5 Å². The average Bonchev–Trinajstić information content (AvgIpc) is 3.43. The Morgan fingerprint density at radius 2 is 1.93 bits per heavy atom. The minimum absolute atomic E-state index is 0.172. The van der Waals surface area contributed by atoms with Crippen molar-refractivity contribution in [3.63, 3.8) is 0 Å². The van der Waals surface area contributed by atoms with Gasteiger partial charge in [0.05, 0.1) is 25.1 Å². The highest BCUT2D eigenvalue weighted by atomic mass is 16.5. The summed E-state index contributed by atoms with van der Waals surface area (Å²) in [5.41, 5.74) is 4.02. The zero-order valence-corrected chi connectivity index (χ0v) is 16.4. The average molecular weight is 391 g/mol. The van der Waals surface area contributed by atoms with Gasteiger partial charge in [-0.05, 0) is 37.1 Å². The van der Waals surface area contributed by atoms with Gasteiger partial charge in [-0.25, -0.2) is 9.97 Å². The number of fused-ring (bicyclic) bond motifs is 1. The molecule has 3 aromatic rings. The summed E-state index contributed by atoms with van der Waals surface area (Å²) in [5, 5.41) is 2.99. The largest absolute Gasteiger partial charge is 0.378 e. The monoisotopic (exact) mass is 391 g/mol. The maximum absolute atomic E-state index is 12.8. The molecule has 0 atom stereocenters. The second-order valence-corrected chi connectivity index (χ2v) is 7.76. The van der Waals surface area contributed by atoms with Crippen LogP contribution < -0.4 is 10.2 Å². The number of amides is 1. The van der Waals surface area contributed by atoms with Gasteiger partial charge in [0.1, 0.15) is 5.52 Å². The molecule has 3 heterocycles. The maximum Gasteiger partial charge on any atom is 0.257 e. The summed E-state index contributed by atoms with van der Waals surface area (Å²) in [6.07, 6.45) is 8.38. The normalized spacial score (nSPS) is 17.7. The van der Waals surface area contributed by atoms with Crippen LogP contribution in [0.4, 0.5) is 11.4 Å². The third-order valence-electron chi connectivity index (χ3n) is 5.87. The summed E-state index contributed by atoms with van der Waals surface area (Å²) >= 11 is 0. The molecule has 0 unspecified atom stereocenters. The lowest BCUT2D eigenvalue weighted by Gasteiger charge is -2.29. The molecule has 29 heavy (non-hydrogen) atoms. The molecule has 0 spiro atoms. The molecule has 7 nitrogen and oxygen atoms in total. The molecular formula is C22H25N5O2. The molecule has 1 N–H and O–H groups in total. The van der Waals surface area contributed by atoms with E-state index in [-0.39, 0.29) is 5.91 Å². The Kier molecular flexibility index (Phi) is 4.89. The lowest BCUT2D eigenvalue weighted by atomic mass is 10.2. The molecule has 150 valence electrons. The molecule has 0 bridgehead atoms. The first-order valence-electron chi connectivity index (χ1n) is 10.3. The Balaban J connectivity index is 1.33. The topological polar surface area (TPSA) is 72.3 Å². The van der Waals surface area contributed by atoms with Crippen molar-refractivity contribution in [2.45, 2.75) is 31.7 Å². The molecule has 7 heteroatoms. The van der Waals surface area contributed by atoms with Crippen molar-refractivity contribution in [1.82, 2.24) is 14.5 Å². The van der Waals surface area contributed by atoms with Crippen LogP contribution in [0.3, 0.4) is 0 Å². The molecule has 5 rings (SSSR count). The van der Waals surface area contributed by atoms with E-state index in [9.17, 15) is 4.79 Å². The number of pyridine rings is 1. The van der Waals surface area contributed by atoms with Crippen LogP contribution in [0.2, 0.25) is 0 Å². The van der Waals surface area contributed by atoms with Gasteiger partial charge in [0.25, 0.3) is 5.91 Å². The fourth-order valence-electron chi connectivity index (χ4n) is 4.30. The van der Waals surface area contributed by atoms with Gasteiger partial charge in [0, 0.05) is 36.7 Å². The van der Waals surface area contributed by atoms with Gasteiger partial charge in [-0.3, -0.25) is 4.79 Å². The van der Waals surface area contributed by atoms with E-state index in [1.165, 1.54) is 25.7 Å². The second kappa shape index (κ2) is 7.83. The summed E-state index contributed by atoms with van der Waals surface area (Å²) in [4.78, 5) is 24.1. The zero-order chi connectivity index (χ0) is 19.6. The highest BCUT2D eigenvalue weighted by Gasteiger charge is 2.20. The molecule has 1 saturated carbocycles. The minimum atomic E-state index is -0.172. The van der Waals surface area contributed by atoms with Crippen LogP contribution in [-0.2, 0) is 4.74 Å². The number of ether oxygens (including phenoxy) is 1. The number of imidazole rings is 1. The van der Waals surface area contributed by atoms with Crippen LogP contribution >= 0.6 is 0 Å². The van der Waals surface area contributed by atoms with E-state index >= 15 is 0 Å². The van der Waals surface area contributed by atoms with Gasteiger partial charge >= 0.3 is 0 Å². The number of morpholine rings is 1. The third kappa shape index (κ3) is 3.70. The smallest absolute Gasteiger partial charge is 0.257 e. The quantitative estimate of drug-likeness (QED) is 0.735. The highest BCUT2D eigenvalue weighted by molar-refractivity contribution is 6.05. The van der Waals surface area contributed by atoms with Gasteiger partial charge in [-0.15, -0.1) is 0 Å². The summed E-state index contributed by atoms with van der Waals surface area (Å²) in [6.45, 7) is 3.19. The molecular weight excluding hydrogens is 366 g/mol. The van der Waals surface area contributed by atoms with E-state index in [1.54, 1.807) is 6.20 Å². The van der Waals surface area contributed by atoms with Crippen molar-refractivity contribution >= 4 is 28.4 Å². The molecule has 2 fully saturated rings. The third-order valence-corrected chi connectivity index (χ3v) is 5.87. The molecule has 1 aliphatic heterocycles. The van der Waals surface area contributed by atoms with Crippen molar-refractivity contribution < 1.29 is 9.53 Å². The number of hydrogen-bond donors (Lipinski definition) is 1. The van der Waals surface area contributed by atoms with Gasteiger partial charge in [0.15, 0.2) is 5.65 Å². The van der Waals surface area contributed by atoms with E-state index in [1.807, 2.05) is 30.6 Å². The number of hydrogen-bond acceptors (Lipinski definition) is 5. The maximum atomic E-state index is 12.8. The van der Waals surface area contributed by atoms with Crippen LogP contribution in [0.1, 0.15) is 42.1 Å². The number of carbonyl (C=O) groups excluding carboxylic acids is 1. The fourth-order valence-corrected chi connectivity index (χ4v) is 4.30. The summed E-state index contributed by atoms with van der Waals surface area (Å²) in [5.74, 6) is -0.172. The number of rotatable bonds is 4. The first kappa shape index (κ1) is 18.1. The SMILES string of the molecule is O=C(Nc1cccc(N2CCOCC2)c1)c1cnc2c(c1)ncn2C1CCCC1. The Labute approximate surface area is 169 Å². The molecule has 2 aromatic heterocycles. The highest BCUT2D eigenvalue weighted by Crippen LogP contribution is 2.31. The van der Waals surface area contributed by atoms with E-state index < -0.39 is 0 Å².